The van der Waals surface area contributed by atoms with Crippen LogP contribution in [0.4, 0.5) is 0 Å². The first-order valence-corrected chi connectivity index (χ1v) is 4.79. The molecule has 1 aliphatic rings. The standard InChI is InChI=1S/C10H18N2O2/c1-9(2)5-6(9)7(13)12-10(3,4)8(11)14/h6H,5H2,1-4H3,(H2,11,14)(H,12,13). The summed E-state index contributed by atoms with van der Waals surface area (Å²) in [5, 5.41) is 2.66. The highest BCUT2D eigenvalue weighted by Gasteiger charge is 2.51. The normalized spacial score (nSPS) is 24.1. The van der Waals surface area contributed by atoms with Gasteiger partial charge in [0.1, 0.15) is 5.54 Å². The summed E-state index contributed by atoms with van der Waals surface area (Å²) in [6, 6.07) is 0. The van der Waals surface area contributed by atoms with Gasteiger partial charge in [0.15, 0.2) is 0 Å². The summed E-state index contributed by atoms with van der Waals surface area (Å²) in [5.41, 5.74) is 4.29. The largest absolute Gasteiger partial charge is 0.368 e. The molecule has 0 aromatic heterocycles. The Hall–Kier alpha value is -1.06. The second kappa shape index (κ2) is 2.97. The van der Waals surface area contributed by atoms with Gasteiger partial charge in [-0.25, -0.2) is 0 Å². The molecule has 4 heteroatoms. The van der Waals surface area contributed by atoms with Crippen LogP contribution in [-0.2, 0) is 9.59 Å². The first kappa shape index (κ1) is 11.0. The first-order valence-electron chi connectivity index (χ1n) is 4.79. The van der Waals surface area contributed by atoms with Gasteiger partial charge in [-0.3, -0.25) is 9.59 Å². The zero-order valence-electron chi connectivity index (χ0n) is 9.18. The highest BCUT2D eigenvalue weighted by Crippen LogP contribution is 2.51. The summed E-state index contributed by atoms with van der Waals surface area (Å²) < 4.78 is 0. The lowest BCUT2D eigenvalue weighted by Crippen LogP contribution is -2.53. The molecule has 0 aromatic carbocycles. The van der Waals surface area contributed by atoms with Crippen LogP contribution < -0.4 is 11.1 Å². The molecule has 0 heterocycles. The molecule has 0 spiro atoms. The molecule has 0 radical (unpaired) electrons. The van der Waals surface area contributed by atoms with Crippen LogP contribution in [0.15, 0.2) is 0 Å². The van der Waals surface area contributed by atoms with Crippen LogP contribution in [0.2, 0.25) is 0 Å². The molecule has 1 unspecified atom stereocenters. The Bertz CT molecular complexity index is 282. The van der Waals surface area contributed by atoms with E-state index in [9.17, 15) is 9.59 Å². The smallest absolute Gasteiger partial charge is 0.242 e. The Kier molecular flexibility index (Phi) is 2.34. The zero-order valence-corrected chi connectivity index (χ0v) is 9.18. The summed E-state index contributed by atoms with van der Waals surface area (Å²) >= 11 is 0. The maximum absolute atomic E-state index is 11.6. The van der Waals surface area contributed by atoms with Gasteiger partial charge in [-0.15, -0.1) is 0 Å². The van der Waals surface area contributed by atoms with Crippen molar-refractivity contribution in [1.29, 1.82) is 0 Å². The van der Waals surface area contributed by atoms with E-state index in [1.807, 2.05) is 13.8 Å². The molecule has 2 amide bonds. The fraction of sp³-hybridized carbons (Fsp3) is 0.800. The van der Waals surface area contributed by atoms with E-state index in [-0.39, 0.29) is 17.2 Å². The van der Waals surface area contributed by atoms with E-state index in [0.29, 0.717) is 0 Å². The lowest BCUT2D eigenvalue weighted by molar-refractivity contribution is -0.131. The number of primary amides is 1. The molecule has 0 bridgehead atoms. The molecule has 80 valence electrons. The van der Waals surface area contributed by atoms with E-state index in [1.165, 1.54) is 0 Å². The van der Waals surface area contributed by atoms with Crippen LogP contribution in [0.25, 0.3) is 0 Å². The molecule has 1 saturated carbocycles. The number of nitrogens with one attached hydrogen (secondary N) is 1. The number of carbonyl (C=O) groups excluding carboxylic acids is 2. The molecule has 1 aliphatic carbocycles. The molecule has 1 rings (SSSR count). The number of amides is 2. The van der Waals surface area contributed by atoms with E-state index >= 15 is 0 Å². The van der Waals surface area contributed by atoms with Crippen LogP contribution >= 0.6 is 0 Å². The van der Waals surface area contributed by atoms with Crippen molar-refractivity contribution in [3.63, 3.8) is 0 Å². The summed E-state index contributed by atoms with van der Waals surface area (Å²) in [5.74, 6) is -0.552. The predicted octanol–water partition coefficient (Wildman–Crippen LogP) is 0.413. The third-order valence-electron chi connectivity index (χ3n) is 2.88. The second-order valence-corrected chi connectivity index (χ2v) is 5.22. The van der Waals surface area contributed by atoms with Crippen LogP contribution in [0.3, 0.4) is 0 Å². The lowest BCUT2D eigenvalue weighted by Gasteiger charge is -2.22. The molecule has 0 aliphatic heterocycles. The van der Waals surface area contributed by atoms with Gasteiger partial charge in [0.2, 0.25) is 11.8 Å². The molecule has 0 aromatic rings. The monoisotopic (exact) mass is 198 g/mol. The van der Waals surface area contributed by atoms with Gasteiger partial charge in [0, 0.05) is 5.92 Å². The molecule has 0 saturated heterocycles. The van der Waals surface area contributed by atoms with Gasteiger partial charge >= 0.3 is 0 Å². The van der Waals surface area contributed by atoms with Gasteiger partial charge in [0.05, 0.1) is 0 Å². The molecule has 3 N–H and O–H groups in total. The summed E-state index contributed by atoms with van der Waals surface area (Å²) in [7, 11) is 0. The van der Waals surface area contributed by atoms with Crippen LogP contribution in [0, 0.1) is 11.3 Å². The summed E-state index contributed by atoms with van der Waals surface area (Å²) in [6.07, 6.45) is 0.883. The quantitative estimate of drug-likeness (QED) is 0.689. The Morgan fingerprint density at radius 3 is 2.14 bits per heavy atom. The van der Waals surface area contributed by atoms with E-state index in [1.54, 1.807) is 13.8 Å². The second-order valence-electron chi connectivity index (χ2n) is 5.22. The molecule has 1 atom stereocenters. The highest BCUT2D eigenvalue weighted by molar-refractivity contribution is 5.91. The van der Waals surface area contributed by atoms with Crippen molar-refractivity contribution >= 4 is 11.8 Å². The van der Waals surface area contributed by atoms with E-state index in [2.05, 4.69) is 5.32 Å². The van der Waals surface area contributed by atoms with E-state index in [4.69, 9.17) is 5.73 Å². The third-order valence-corrected chi connectivity index (χ3v) is 2.88. The minimum Gasteiger partial charge on any atom is -0.368 e. The zero-order chi connectivity index (χ0) is 11.1. The summed E-state index contributed by atoms with van der Waals surface area (Å²) in [6.45, 7) is 7.30. The average Bonchev–Trinajstić information content (AvgIpc) is 2.58. The third kappa shape index (κ3) is 2.05. The molecule has 4 nitrogen and oxygen atoms in total. The minimum atomic E-state index is -0.949. The molecular formula is C10H18N2O2. The fourth-order valence-electron chi connectivity index (χ4n) is 1.37. The maximum Gasteiger partial charge on any atom is 0.242 e. The van der Waals surface area contributed by atoms with Gasteiger partial charge in [-0.2, -0.15) is 0 Å². The maximum atomic E-state index is 11.6. The Balaban J connectivity index is 2.54. The first-order chi connectivity index (χ1) is 6.17. The lowest BCUT2D eigenvalue weighted by atomic mass is 10.0. The number of hydrogen-bond acceptors (Lipinski definition) is 2. The number of rotatable bonds is 3. The van der Waals surface area contributed by atoms with Crippen molar-refractivity contribution in [3.8, 4) is 0 Å². The Morgan fingerprint density at radius 1 is 1.43 bits per heavy atom. The predicted molar refractivity (Wildman–Crippen MR) is 53.3 cm³/mol. The van der Waals surface area contributed by atoms with Crippen molar-refractivity contribution in [2.24, 2.45) is 17.1 Å². The SMILES string of the molecule is CC(C)(NC(=O)C1CC1(C)C)C(N)=O. The topological polar surface area (TPSA) is 72.2 Å². The Labute approximate surface area is 84.2 Å². The van der Waals surface area contributed by atoms with Gasteiger partial charge in [-0.05, 0) is 25.7 Å². The van der Waals surface area contributed by atoms with E-state index in [0.717, 1.165) is 6.42 Å². The van der Waals surface area contributed by atoms with Gasteiger partial charge in [-0.1, -0.05) is 13.8 Å². The number of carbonyl (C=O) groups is 2. The molecule has 14 heavy (non-hydrogen) atoms. The van der Waals surface area contributed by atoms with Gasteiger partial charge < -0.3 is 11.1 Å². The van der Waals surface area contributed by atoms with Crippen molar-refractivity contribution < 1.29 is 9.59 Å². The van der Waals surface area contributed by atoms with Crippen molar-refractivity contribution in [2.45, 2.75) is 39.7 Å². The minimum absolute atomic E-state index is 0.0288. The summed E-state index contributed by atoms with van der Waals surface area (Å²) in [4.78, 5) is 22.6. The van der Waals surface area contributed by atoms with Gasteiger partial charge in [0.25, 0.3) is 0 Å². The molecule has 1 fully saturated rings. The fourth-order valence-corrected chi connectivity index (χ4v) is 1.37. The highest BCUT2D eigenvalue weighted by atomic mass is 16.2. The Morgan fingerprint density at radius 2 is 1.86 bits per heavy atom. The number of nitrogens with two attached hydrogens (primary N) is 1. The van der Waals surface area contributed by atoms with Crippen molar-refractivity contribution in [1.82, 2.24) is 5.32 Å². The molecular weight excluding hydrogens is 180 g/mol. The van der Waals surface area contributed by atoms with E-state index < -0.39 is 11.4 Å². The van der Waals surface area contributed by atoms with Crippen LogP contribution in [0.5, 0.6) is 0 Å². The van der Waals surface area contributed by atoms with Crippen molar-refractivity contribution in [3.05, 3.63) is 0 Å². The van der Waals surface area contributed by atoms with Crippen LogP contribution in [0.1, 0.15) is 34.1 Å². The van der Waals surface area contributed by atoms with Crippen LogP contribution in [-0.4, -0.2) is 17.4 Å². The average molecular weight is 198 g/mol. The van der Waals surface area contributed by atoms with Crippen molar-refractivity contribution in [2.75, 3.05) is 0 Å². The number of hydrogen-bond donors (Lipinski definition) is 2.